The molecule has 0 amide bonds. The molecule has 1 fully saturated rings. The highest BCUT2D eigenvalue weighted by molar-refractivity contribution is 6.43. The number of nitrogens with zero attached hydrogens (tertiary/aromatic N) is 1. The number of rotatable bonds is 4. The van der Waals surface area contributed by atoms with Gasteiger partial charge in [0.15, 0.2) is 0 Å². The Morgan fingerprint density at radius 1 is 1.21 bits per heavy atom. The quantitative estimate of drug-likeness (QED) is 0.827. The lowest BCUT2D eigenvalue weighted by atomic mass is 9.99. The number of hydrogen-bond donors (Lipinski definition) is 1. The van der Waals surface area contributed by atoms with E-state index < -0.39 is 0 Å². The van der Waals surface area contributed by atoms with Gasteiger partial charge in [-0.3, -0.25) is 4.90 Å². The maximum absolute atomic E-state index is 6.38. The lowest BCUT2D eigenvalue weighted by Gasteiger charge is -2.35. The van der Waals surface area contributed by atoms with E-state index in [-0.39, 0.29) is 0 Å². The van der Waals surface area contributed by atoms with Crippen molar-refractivity contribution in [3.63, 3.8) is 0 Å². The fourth-order valence-corrected chi connectivity index (χ4v) is 3.36. The van der Waals surface area contributed by atoms with Crippen LogP contribution in [0.2, 0.25) is 15.1 Å². The molecule has 19 heavy (non-hydrogen) atoms. The average molecular weight is 322 g/mol. The van der Waals surface area contributed by atoms with Gasteiger partial charge in [0.05, 0.1) is 10.0 Å². The molecule has 1 saturated heterocycles. The van der Waals surface area contributed by atoms with Gasteiger partial charge >= 0.3 is 0 Å². The van der Waals surface area contributed by atoms with Gasteiger partial charge < -0.3 is 5.32 Å². The fraction of sp³-hybridized carbons (Fsp3) is 0.571. The summed E-state index contributed by atoms with van der Waals surface area (Å²) in [5.41, 5.74) is 1.06. The predicted octanol–water partition coefficient (Wildman–Crippen LogP) is 4.39. The molecule has 0 radical (unpaired) electrons. The molecule has 1 aromatic carbocycles. The van der Waals surface area contributed by atoms with Gasteiger partial charge in [0.25, 0.3) is 0 Å². The maximum atomic E-state index is 6.38. The van der Waals surface area contributed by atoms with Gasteiger partial charge in [0, 0.05) is 37.2 Å². The molecule has 0 bridgehead atoms. The molecule has 1 aliphatic rings. The molecule has 2 rings (SSSR count). The summed E-state index contributed by atoms with van der Waals surface area (Å²) in [7, 11) is 0. The van der Waals surface area contributed by atoms with Crippen LogP contribution in [0.25, 0.3) is 0 Å². The highest BCUT2D eigenvalue weighted by Crippen LogP contribution is 2.37. The second kappa shape index (κ2) is 7.14. The lowest BCUT2D eigenvalue weighted by Crippen LogP contribution is -2.45. The summed E-state index contributed by atoms with van der Waals surface area (Å²) < 4.78 is 0. The summed E-state index contributed by atoms with van der Waals surface area (Å²) in [5.74, 6) is 0. The Balaban J connectivity index is 2.32. The molecule has 2 nitrogen and oxygen atoms in total. The van der Waals surface area contributed by atoms with Crippen molar-refractivity contribution in [2.24, 2.45) is 0 Å². The number of benzene rings is 1. The Bertz CT molecular complexity index is 431. The van der Waals surface area contributed by atoms with Crippen LogP contribution >= 0.6 is 34.8 Å². The molecule has 1 aromatic rings. The SMILES string of the molecule is CCC[C@@H](c1cc(Cl)cc(Cl)c1Cl)N1CCNCC1. The largest absolute Gasteiger partial charge is 0.314 e. The molecule has 1 N–H and O–H groups in total. The van der Waals surface area contributed by atoms with E-state index in [4.69, 9.17) is 34.8 Å². The number of nitrogens with one attached hydrogen (secondary N) is 1. The predicted molar refractivity (Wildman–Crippen MR) is 83.6 cm³/mol. The normalized spacial score (nSPS) is 18.5. The fourth-order valence-electron chi connectivity index (χ4n) is 2.62. The zero-order valence-corrected chi connectivity index (χ0v) is 13.3. The molecule has 1 atom stereocenters. The molecule has 1 heterocycles. The van der Waals surface area contributed by atoms with Crippen molar-refractivity contribution in [2.45, 2.75) is 25.8 Å². The van der Waals surface area contributed by atoms with E-state index in [9.17, 15) is 0 Å². The summed E-state index contributed by atoms with van der Waals surface area (Å²) in [5, 5.41) is 5.21. The van der Waals surface area contributed by atoms with Gasteiger partial charge in [-0.1, -0.05) is 48.1 Å². The van der Waals surface area contributed by atoms with Crippen LogP contribution in [0.5, 0.6) is 0 Å². The summed E-state index contributed by atoms with van der Waals surface area (Å²) in [6.45, 7) is 6.30. The lowest BCUT2D eigenvalue weighted by molar-refractivity contribution is 0.164. The van der Waals surface area contributed by atoms with Gasteiger partial charge in [-0.05, 0) is 24.1 Å². The summed E-state index contributed by atoms with van der Waals surface area (Å²) >= 11 is 18.7. The summed E-state index contributed by atoms with van der Waals surface area (Å²) in [6, 6.07) is 3.96. The van der Waals surface area contributed by atoms with Gasteiger partial charge in [-0.15, -0.1) is 0 Å². The van der Waals surface area contributed by atoms with Crippen LogP contribution in [0.3, 0.4) is 0 Å². The van der Waals surface area contributed by atoms with Crippen LogP contribution in [0.4, 0.5) is 0 Å². The number of halogens is 3. The average Bonchev–Trinajstić information content (AvgIpc) is 2.41. The molecule has 5 heteroatoms. The van der Waals surface area contributed by atoms with Crippen molar-refractivity contribution in [3.05, 3.63) is 32.8 Å². The first-order valence-electron chi connectivity index (χ1n) is 6.72. The summed E-state index contributed by atoms with van der Waals surface area (Å²) in [6.07, 6.45) is 2.17. The standard InChI is InChI=1S/C14H19Cl3N2/c1-2-3-13(19-6-4-18-5-7-19)11-8-10(15)9-12(16)14(11)17/h8-9,13,18H,2-7H2,1H3/t13-/m0/s1. The van der Waals surface area contributed by atoms with Gasteiger partial charge in [0.1, 0.15) is 0 Å². The molecule has 0 aromatic heterocycles. The molecule has 0 aliphatic carbocycles. The minimum atomic E-state index is 0.302. The van der Waals surface area contributed by atoms with Gasteiger partial charge in [-0.2, -0.15) is 0 Å². The topological polar surface area (TPSA) is 15.3 Å². The second-order valence-corrected chi connectivity index (χ2v) is 6.10. The molecular formula is C14H19Cl3N2. The maximum Gasteiger partial charge on any atom is 0.0641 e. The van der Waals surface area contributed by atoms with Crippen LogP contribution in [-0.2, 0) is 0 Å². The van der Waals surface area contributed by atoms with Crippen molar-refractivity contribution in [3.8, 4) is 0 Å². The monoisotopic (exact) mass is 320 g/mol. The van der Waals surface area contributed by atoms with E-state index in [1.165, 1.54) is 0 Å². The first-order chi connectivity index (χ1) is 9.13. The zero-order chi connectivity index (χ0) is 13.8. The van der Waals surface area contributed by atoms with E-state index in [1.807, 2.05) is 6.07 Å². The van der Waals surface area contributed by atoms with Gasteiger partial charge in [0.2, 0.25) is 0 Å². The van der Waals surface area contributed by atoms with Crippen molar-refractivity contribution in [1.29, 1.82) is 0 Å². The highest BCUT2D eigenvalue weighted by Gasteiger charge is 2.24. The Morgan fingerprint density at radius 3 is 2.53 bits per heavy atom. The van der Waals surface area contributed by atoms with Crippen molar-refractivity contribution in [2.75, 3.05) is 26.2 Å². The van der Waals surface area contributed by atoms with Crippen LogP contribution in [-0.4, -0.2) is 31.1 Å². The third kappa shape index (κ3) is 3.77. The minimum absolute atomic E-state index is 0.302. The van der Waals surface area contributed by atoms with Gasteiger partial charge in [-0.25, -0.2) is 0 Å². The number of hydrogen-bond acceptors (Lipinski definition) is 2. The van der Waals surface area contributed by atoms with E-state index >= 15 is 0 Å². The Kier molecular flexibility index (Phi) is 5.79. The molecule has 1 aliphatic heterocycles. The second-order valence-electron chi connectivity index (χ2n) is 4.88. The molecular weight excluding hydrogens is 303 g/mol. The molecule has 0 unspecified atom stereocenters. The molecule has 0 saturated carbocycles. The molecule has 106 valence electrons. The summed E-state index contributed by atoms with van der Waals surface area (Å²) in [4.78, 5) is 2.47. The van der Waals surface area contributed by atoms with Crippen LogP contribution < -0.4 is 5.32 Å². The van der Waals surface area contributed by atoms with Crippen LogP contribution in [0, 0.1) is 0 Å². The Labute approximate surface area is 130 Å². The number of piperazine rings is 1. The molecule has 0 spiro atoms. The smallest absolute Gasteiger partial charge is 0.0641 e. The third-order valence-corrected chi connectivity index (χ3v) is 4.57. The first kappa shape index (κ1) is 15.4. The van der Waals surface area contributed by atoms with E-state index in [0.717, 1.165) is 44.6 Å². The van der Waals surface area contributed by atoms with Crippen molar-refractivity contribution < 1.29 is 0 Å². The Morgan fingerprint density at radius 2 is 1.89 bits per heavy atom. The Hall–Kier alpha value is 0.01000. The van der Waals surface area contributed by atoms with E-state index in [0.29, 0.717) is 21.1 Å². The third-order valence-electron chi connectivity index (χ3n) is 3.53. The zero-order valence-electron chi connectivity index (χ0n) is 11.1. The van der Waals surface area contributed by atoms with Crippen molar-refractivity contribution >= 4 is 34.8 Å². The van der Waals surface area contributed by atoms with Crippen molar-refractivity contribution in [1.82, 2.24) is 10.2 Å². The van der Waals surface area contributed by atoms with Crippen LogP contribution in [0.15, 0.2) is 12.1 Å². The first-order valence-corrected chi connectivity index (χ1v) is 7.86. The minimum Gasteiger partial charge on any atom is -0.314 e. The highest BCUT2D eigenvalue weighted by atomic mass is 35.5. The van der Waals surface area contributed by atoms with E-state index in [2.05, 4.69) is 17.1 Å². The van der Waals surface area contributed by atoms with Crippen LogP contribution in [0.1, 0.15) is 31.4 Å². The van der Waals surface area contributed by atoms with E-state index in [1.54, 1.807) is 6.07 Å².